The molecule has 1 amide bonds. The number of piperidine rings is 1. The summed E-state index contributed by atoms with van der Waals surface area (Å²) in [5.74, 6) is -0.0900. The van der Waals surface area contributed by atoms with Gasteiger partial charge in [-0.15, -0.1) is 0 Å². The number of nitrogens with one attached hydrogen (secondary N) is 1. The van der Waals surface area contributed by atoms with Gasteiger partial charge in [-0.1, -0.05) is 24.3 Å². The summed E-state index contributed by atoms with van der Waals surface area (Å²) in [6.45, 7) is 4.70. The molecule has 2 aromatic carbocycles. The molecule has 1 N–H and O–H groups in total. The van der Waals surface area contributed by atoms with Gasteiger partial charge in [-0.2, -0.15) is 0 Å². The number of sulfonamides is 1. The predicted molar refractivity (Wildman–Crippen MR) is 138 cm³/mol. The summed E-state index contributed by atoms with van der Waals surface area (Å²) in [4.78, 5) is 21.8. The molecule has 0 spiro atoms. The molecule has 35 heavy (non-hydrogen) atoms. The van der Waals surface area contributed by atoms with E-state index >= 15 is 0 Å². The second kappa shape index (κ2) is 11.0. The lowest BCUT2D eigenvalue weighted by Gasteiger charge is -2.36. The van der Waals surface area contributed by atoms with Crippen LogP contribution in [0.1, 0.15) is 34.5 Å². The Hall–Kier alpha value is -3.23. The quantitative estimate of drug-likeness (QED) is 0.515. The van der Waals surface area contributed by atoms with Crippen molar-refractivity contribution < 1.29 is 13.2 Å². The number of hydrogen-bond acceptors (Lipinski definition) is 5. The average molecular weight is 493 g/mol. The highest BCUT2D eigenvalue weighted by Gasteiger charge is 2.26. The van der Waals surface area contributed by atoms with Crippen LogP contribution in [0.5, 0.6) is 0 Å². The first kappa shape index (κ1) is 24.9. The Morgan fingerprint density at radius 1 is 1.03 bits per heavy atom. The van der Waals surface area contributed by atoms with Gasteiger partial charge in [-0.05, 0) is 67.8 Å². The van der Waals surface area contributed by atoms with Crippen LogP contribution >= 0.6 is 0 Å². The maximum absolute atomic E-state index is 13.1. The Labute approximate surface area is 207 Å². The topological polar surface area (TPSA) is 82.6 Å². The van der Waals surface area contributed by atoms with Gasteiger partial charge in [0.2, 0.25) is 0 Å². The minimum absolute atomic E-state index is 0.0900. The van der Waals surface area contributed by atoms with E-state index in [9.17, 15) is 13.2 Å². The lowest BCUT2D eigenvalue weighted by Crippen LogP contribution is -2.46. The zero-order valence-corrected chi connectivity index (χ0v) is 21.0. The molecule has 4 rings (SSSR count). The van der Waals surface area contributed by atoms with E-state index in [1.807, 2.05) is 44.4 Å². The molecule has 0 unspecified atom stereocenters. The van der Waals surface area contributed by atoms with Crippen molar-refractivity contribution in [3.63, 3.8) is 0 Å². The molecule has 8 heteroatoms. The van der Waals surface area contributed by atoms with Gasteiger partial charge < -0.3 is 9.80 Å². The minimum Gasteiger partial charge on any atom is -0.339 e. The van der Waals surface area contributed by atoms with Crippen LogP contribution in [0.3, 0.4) is 0 Å². The van der Waals surface area contributed by atoms with Gasteiger partial charge in [-0.3, -0.25) is 14.5 Å². The van der Waals surface area contributed by atoms with Crippen molar-refractivity contribution in [1.29, 1.82) is 0 Å². The second-order valence-electron chi connectivity index (χ2n) is 9.00. The number of carbonyl (C=O) groups excluding carboxylic acids is 1. The second-order valence-corrected chi connectivity index (χ2v) is 10.7. The normalized spacial score (nSPS) is 15.0. The van der Waals surface area contributed by atoms with E-state index in [1.54, 1.807) is 29.2 Å². The Kier molecular flexibility index (Phi) is 7.83. The number of amides is 1. The molecule has 1 saturated heterocycles. The number of benzene rings is 2. The zero-order chi connectivity index (χ0) is 24.8. The van der Waals surface area contributed by atoms with Crippen molar-refractivity contribution in [1.82, 2.24) is 14.8 Å². The van der Waals surface area contributed by atoms with Gasteiger partial charge in [0.1, 0.15) is 0 Å². The number of hydrogen-bond donors (Lipinski definition) is 1. The van der Waals surface area contributed by atoms with Crippen molar-refractivity contribution in [2.24, 2.45) is 0 Å². The highest BCUT2D eigenvalue weighted by molar-refractivity contribution is 7.92. The van der Waals surface area contributed by atoms with Crippen LogP contribution in [-0.4, -0.2) is 61.8 Å². The number of carbonyl (C=O) groups is 1. The fourth-order valence-electron chi connectivity index (χ4n) is 4.39. The first-order chi connectivity index (χ1) is 16.8. The molecule has 0 aliphatic carbocycles. The first-order valence-corrected chi connectivity index (χ1v) is 13.4. The summed E-state index contributed by atoms with van der Waals surface area (Å²) >= 11 is 0. The van der Waals surface area contributed by atoms with E-state index in [0.717, 1.165) is 50.2 Å². The standard InChI is InChI=1S/C27H32N4O3S/c1-21-7-3-4-9-26(21)29-35(33,34)25-12-10-22(11-13-25)27(32)30(2)24-15-19-31(20-16-24)18-14-23-8-5-6-17-28-23/h3-13,17,24,29H,14-16,18-20H2,1-2H3. The highest BCUT2D eigenvalue weighted by atomic mass is 32.2. The zero-order valence-electron chi connectivity index (χ0n) is 20.2. The van der Waals surface area contributed by atoms with Crippen LogP contribution in [0.2, 0.25) is 0 Å². The number of likely N-dealkylation sites (tertiary alicyclic amines) is 1. The Bertz CT molecular complexity index is 1240. The molecule has 7 nitrogen and oxygen atoms in total. The van der Waals surface area contributed by atoms with Crippen molar-refractivity contribution in [2.45, 2.75) is 37.1 Å². The van der Waals surface area contributed by atoms with Gasteiger partial charge in [0.15, 0.2) is 0 Å². The number of anilines is 1. The molecule has 0 saturated carbocycles. The molecule has 1 aliphatic rings. The molecule has 1 fully saturated rings. The number of pyridine rings is 1. The molecule has 3 aromatic rings. The number of para-hydroxylation sites is 1. The average Bonchev–Trinajstić information content (AvgIpc) is 2.89. The third kappa shape index (κ3) is 6.26. The number of aryl methyl sites for hydroxylation is 1. The predicted octanol–water partition coefficient (Wildman–Crippen LogP) is 3.97. The maximum atomic E-state index is 13.1. The third-order valence-corrected chi connectivity index (χ3v) is 8.02. The largest absolute Gasteiger partial charge is 0.339 e. The van der Waals surface area contributed by atoms with Crippen LogP contribution in [0.25, 0.3) is 0 Å². The van der Waals surface area contributed by atoms with E-state index in [4.69, 9.17) is 0 Å². The minimum atomic E-state index is -3.74. The Morgan fingerprint density at radius 3 is 2.37 bits per heavy atom. The fourth-order valence-corrected chi connectivity index (χ4v) is 5.52. The molecular weight excluding hydrogens is 460 g/mol. The smallest absolute Gasteiger partial charge is 0.261 e. The highest BCUT2D eigenvalue weighted by Crippen LogP contribution is 2.21. The molecule has 1 aliphatic heterocycles. The summed E-state index contributed by atoms with van der Waals surface area (Å²) in [5.41, 5.74) is 2.97. The van der Waals surface area contributed by atoms with E-state index in [1.165, 1.54) is 12.1 Å². The van der Waals surface area contributed by atoms with Gasteiger partial charge in [0, 0.05) is 56.6 Å². The lowest BCUT2D eigenvalue weighted by molar-refractivity contribution is 0.0643. The summed E-state index contributed by atoms with van der Waals surface area (Å²) in [6, 6.07) is 19.5. The van der Waals surface area contributed by atoms with Crippen LogP contribution in [0, 0.1) is 6.92 Å². The van der Waals surface area contributed by atoms with Crippen molar-refractivity contribution in [3.05, 3.63) is 89.7 Å². The van der Waals surface area contributed by atoms with Gasteiger partial charge in [0.05, 0.1) is 10.6 Å². The monoisotopic (exact) mass is 492 g/mol. The molecule has 0 radical (unpaired) electrons. The SMILES string of the molecule is Cc1ccccc1NS(=O)(=O)c1ccc(C(=O)N(C)C2CCN(CCc3ccccn3)CC2)cc1. The van der Waals surface area contributed by atoms with Crippen LogP contribution in [0.15, 0.2) is 77.8 Å². The summed E-state index contributed by atoms with van der Waals surface area (Å²) in [7, 11) is -1.90. The van der Waals surface area contributed by atoms with E-state index < -0.39 is 10.0 Å². The van der Waals surface area contributed by atoms with Crippen molar-refractivity contribution >= 4 is 21.6 Å². The lowest BCUT2D eigenvalue weighted by atomic mass is 10.0. The van der Waals surface area contributed by atoms with Crippen molar-refractivity contribution in [2.75, 3.05) is 31.4 Å². The van der Waals surface area contributed by atoms with Gasteiger partial charge >= 0.3 is 0 Å². The Morgan fingerprint density at radius 2 is 1.71 bits per heavy atom. The molecule has 1 aromatic heterocycles. The molecule has 0 bridgehead atoms. The number of rotatable bonds is 8. The summed E-state index contributed by atoms with van der Waals surface area (Å²) in [5, 5.41) is 0. The number of nitrogens with zero attached hydrogens (tertiary/aromatic N) is 3. The number of aromatic nitrogens is 1. The van der Waals surface area contributed by atoms with Crippen LogP contribution in [-0.2, 0) is 16.4 Å². The Balaban J connectivity index is 1.32. The molecule has 0 atom stereocenters. The molecular formula is C27H32N4O3S. The van der Waals surface area contributed by atoms with E-state index in [-0.39, 0.29) is 16.8 Å². The van der Waals surface area contributed by atoms with Crippen molar-refractivity contribution in [3.8, 4) is 0 Å². The fraction of sp³-hybridized carbons (Fsp3) is 0.333. The summed E-state index contributed by atoms with van der Waals surface area (Å²) < 4.78 is 28.2. The van der Waals surface area contributed by atoms with Gasteiger partial charge in [0.25, 0.3) is 15.9 Å². The van der Waals surface area contributed by atoms with E-state index in [2.05, 4.69) is 20.7 Å². The molecule has 2 heterocycles. The van der Waals surface area contributed by atoms with Crippen LogP contribution < -0.4 is 4.72 Å². The first-order valence-electron chi connectivity index (χ1n) is 11.9. The maximum Gasteiger partial charge on any atom is 0.261 e. The van der Waals surface area contributed by atoms with E-state index in [0.29, 0.717) is 11.3 Å². The van der Waals surface area contributed by atoms with Crippen LogP contribution in [0.4, 0.5) is 5.69 Å². The summed E-state index contributed by atoms with van der Waals surface area (Å²) in [6.07, 6.45) is 4.58. The molecule has 184 valence electrons. The van der Waals surface area contributed by atoms with Gasteiger partial charge in [-0.25, -0.2) is 8.42 Å². The third-order valence-electron chi connectivity index (χ3n) is 6.64.